The molecule has 1 aliphatic rings. The van der Waals surface area contributed by atoms with Crippen LogP contribution in [0, 0.1) is 11.8 Å². The number of carbonyl (C=O) groups excluding carboxylic acids is 1. The molecule has 0 aliphatic carbocycles. The largest absolute Gasteiger partial charge is 0.394 e. The van der Waals surface area contributed by atoms with Crippen LogP contribution in [0.2, 0.25) is 0 Å². The van der Waals surface area contributed by atoms with Crippen molar-refractivity contribution in [1.82, 2.24) is 5.32 Å². The smallest absolute Gasteiger partial charge is 0.222 e. The molecule has 1 heterocycles. The van der Waals surface area contributed by atoms with E-state index in [2.05, 4.69) is 33.0 Å². The third-order valence-electron chi connectivity index (χ3n) is 10.1. The molecule has 1 amide bonds. The zero-order valence-electron chi connectivity index (χ0n) is 32.4. The van der Waals surface area contributed by atoms with E-state index in [1.54, 1.807) is 0 Å². The van der Waals surface area contributed by atoms with Gasteiger partial charge in [-0.2, -0.15) is 0 Å². The fraction of sp³-hybridized carbons (Fsp3) is 0.975. The molecule has 0 radical (unpaired) electrons. The molecule has 0 aromatic rings. The van der Waals surface area contributed by atoms with Gasteiger partial charge in [-0.05, 0) is 24.7 Å². The van der Waals surface area contributed by atoms with E-state index < -0.39 is 61.5 Å². The van der Waals surface area contributed by atoms with Crippen LogP contribution in [0.15, 0.2) is 0 Å². The highest BCUT2D eigenvalue weighted by Crippen LogP contribution is 2.23. The van der Waals surface area contributed by atoms with Crippen molar-refractivity contribution in [3.8, 4) is 0 Å². The molecule has 10 heteroatoms. The zero-order chi connectivity index (χ0) is 37.1. The van der Waals surface area contributed by atoms with Crippen LogP contribution in [0.25, 0.3) is 0 Å². The van der Waals surface area contributed by atoms with Gasteiger partial charge in [-0.3, -0.25) is 4.79 Å². The average Bonchev–Trinajstić information content (AvgIpc) is 3.07. The van der Waals surface area contributed by atoms with Crippen molar-refractivity contribution in [2.45, 2.75) is 224 Å². The Morgan fingerprint density at radius 2 is 1.04 bits per heavy atom. The first-order chi connectivity index (χ1) is 24.0. The van der Waals surface area contributed by atoms with Crippen LogP contribution < -0.4 is 5.32 Å². The standard InChI is InChI=1S/C40H79NO9/c1-30(2)23-19-15-11-7-5-9-13-17-21-25-32(43)27-36(45)41-33(29-49-40-39(48)38(47)37(46)35(28-42)50-40)34(44)26-22-18-14-10-6-8-12-16-20-24-31(3)4/h30-35,37-40,42-44,46-48H,5-29H2,1-4H3,(H,41,45)/t32-,33-,34+,35?,37-,38?,39?,40-/m0/s1. The van der Waals surface area contributed by atoms with Gasteiger partial charge < -0.3 is 45.4 Å². The number of hydrogen-bond donors (Lipinski definition) is 7. The van der Waals surface area contributed by atoms with Gasteiger partial charge in [-0.1, -0.05) is 156 Å². The third kappa shape index (κ3) is 22.9. The van der Waals surface area contributed by atoms with Crippen LogP contribution in [0.1, 0.15) is 175 Å². The Morgan fingerprint density at radius 3 is 1.48 bits per heavy atom. The molecule has 1 aliphatic heterocycles. The highest BCUT2D eigenvalue weighted by Gasteiger charge is 2.44. The van der Waals surface area contributed by atoms with Gasteiger partial charge in [0.15, 0.2) is 6.29 Å². The van der Waals surface area contributed by atoms with Crippen LogP contribution in [0.5, 0.6) is 0 Å². The SMILES string of the molecule is CC(C)CCCCCCCCCCC[C@H](O)CC(=O)N[C@@H](CO[C@H]1OC(CO)[C@H](O)C(O)C1O)[C@H](O)CCCCCCCCCCCC(C)C. The van der Waals surface area contributed by atoms with Crippen molar-refractivity contribution in [1.29, 1.82) is 0 Å². The lowest BCUT2D eigenvalue weighted by atomic mass is 9.99. The number of aliphatic hydroxyl groups is 6. The number of unbranched alkanes of at least 4 members (excludes halogenated alkanes) is 16. The van der Waals surface area contributed by atoms with Gasteiger partial charge in [-0.25, -0.2) is 0 Å². The molecule has 7 N–H and O–H groups in total. The predicted molar refractivity (Wildman–Crippen MR) is 200 cm³/mol. The molecular formula is C40H79NO9. The van der Waals surface area contributed by atoms with E-state index in [1.807, 2.05) is 0 Å². The molecule has 1 fully saturated rings. The molecule has 50 heavy (non-hydrogen) atoms. The summed E-state index contributed by atoms with van der Waals surface area (Å²) in [6.07, 6.45) is 15.7. The van der Waals surface area contributed by atoms with E-state index >= 15 is 0 Å². The third-order valence-corrected chi connectivity index (χ3v) is 10.1. The number of amides is 1. The molecule has 0 spiro atoms. The number of ether oxygens (including phenoxy) is 2. The quantitative estimate of drug-likeness (QED) is 0.0395. The van der Waals surface area contributed by atoms with Crippen LogP contribution in [0.3, 0.4) is 0 Å². The maximum absolute atomic E-state index is 12.9. The van der Waals surface area contributed by atoms with Crippen LogP contribution in [-0.2, 0) is 14.3 Å². The molecule has 0 aromatic carbocycles. The van der Waals surface area contributed by atoms with E-state index in [4.69, 9.17) is 9.47 Å². The minimum absolute atomic E-state index is 0.0862. The summed E-state index contributed by atoms with van der Waals surface area (Å²) in [7, 11) is 0. The highest BCUT2D eigenvalue weighted by molar-refractivity contribution is 5.76. The number of aliphatic hydroxyl groups excluding tert-OH is 6. The van der Waals surface area contributed by atoms with E-state index in [0.29, 0.717) is 12.8 Å². The molecule has 8 atom stereocenters. The van der Waals surface area contributed by atoms with Crippen LogP contribution >= 0.6 is 0 Å². The van der Waals surface area contributed by atoms with Gasteiger partial charge in [0.2, 0.25) is 5.91 Å². The van der Waals surface area contributed by atoms with Crippen molar-refractivity contribution >= 4 is 5.91 Å². The van der Waals surface area contributed by atoms with Crippen molar-refractivity contribution in [2.75, 3.05) is 13.2 Å². The van der Waals surface area contributed by atoms with Crippen molar-refractivity contribution in [3.05, 3.63) is 0 Å². The molecule has 1 rings (SSSR count). The van der Waals surface area contributed by atoms with Gasteiger partial charge >= 0.3 is 0 Å². The minimum atomic E-state index is -1.58. The first kappa shape index (κ1) is 47.2. The lowest BCUT2D eigenvalue weighted by molar-refractivity contribution is -0.302. The predicted octanol–water partition coefficient (Wildman–Crippen LogP) is 6.29. The van der Waals surface area contributed by atoms with Crippen molar-refractivity contribution < 1.29 is 44.9 Å². The first-order valence-electron chi connectivity index (χ1n) is 20.5. The van der Waals surface area contributed by atoms with Crippen molar-refractivity contribution in [2.24, 2.45) is 11.8 Å². The van der Waals surface area contributed by atoms with E-state index in [0.717, 1.165) is 56.8 Å². The molecule has 0 aromatic heterocycles. The second-order valence-electron chi connectivity index (χ2n) is 15.9. The second-order valence-corrected chi connectivity index (χ2v) is 15.9. The lowest BCUT2D eigenvalue weighted by Crippen LogP contribution is -2.60. The normalized spacial score (nSPS) is 23.0. The summed E-state index contributed by atoms with van der Waals surface area (Å²) in [6.45, 7) is 8.29. The average molecular weight is 718 g/mol. The van der Waals surface area contributed by atoms with E-state index in [-0.39, 0.29) is 13.0 Å². The summed E-state index contributed by atoms with van der Waals surface area (Å²) in [5.74, 6) is 1.17. The van der Waals surface area contributed by atoms with E-state index in [1.165, 1.54) is 83.5 Å². The summed E-state index contributed by atoms with van der Waals surface area (Å²) in [4.78, 5) is 12.9. The van der Waals surface area contributed by atoms with Gasteiger partial charge in [0.1, 0.15) is 24.4 Å². The maximum atomic E-state index is 12.9. The molecule has 10 nitrogen and oxygen atoms in total. The van der Waals surface area contributed by atoms with E-state index in [9.17, 15) is 35.4 Å². The van der Waals surface area contributed by atoms with Gasteiger partial charge in [0.25, 0.3) is 0 Å². The molecule has 3 unspecified atom stereocenters. The van der Waals surface area contributed by atoms with Gasteiger partial charge in [0.05, 0.1) is 37.9 Å². The Labute approximate surface area is 305 Å². The Morgan fingerprint density at radius 1 is 0.620 bits per heavy atom. The number of hydrogen-bond acceptors (Lipinski definition) is 9. The van der Waals surface area contributed by atoms with Crippen LogP contribution in [0.4, 0.5) is 0 Å². The molecule has 1 saturated heterocycles. The minimum Gasteiger partial charge on any atom is -0.394 e. The highest BCUT2D eigenvalue weighted by atomic mass is 16.7. The lowest BCUT2D eigenvalue weighted by Gasteiger charge is -2.40. The summed E-state index contributed by atoms with van der Waals surface area (Å²) in [5, 5.41) is 64.5. The summed E-state index contributed by atoms with van der Waals surface area (Å²) in [5.41, 5.74) is 0. The summed E-state index contributed by atoms with van der Waals surface area (Å²) >= 11 is 0. The Kier molecular flexibility index (Phi) is 27.9. The fourth-order valence-electron chi connectivity index (χ4n) is 6.75. The maximum Gasteiger partial charge on any atom is 0.222 e. The van der Waals surface area contributed by atoms with Crippen molar-refractivity contribution in [3.63, 3.8) is 0 Å². The molecular weight excluding hydrogens is 638 g/mol. The van der Waals surface area contributed by atoms with Gasteiger partial charge in [0, 0.05) is 0 Å². The summed E-state index contributed by atoms with van der Waals surface area (Å²) in [6, 6.07) is -0.835. The Bertz CT molecular complexity index is 799. The van der Waals surface area contributed by atoms with Crippen LogP contribution in [-0.4, -0.2) is 98.7 Å². The Hall–Kier alpha value is -0.850. The monoisotopic (exact) mass is 718 g/mol. The number of rotatable bonds is 32. The Balaban J connectivity index is 2.46. The molecule has 0 bridgehead atoms. The second kappa shape index (κ2) is 29.6. The molecule has 298 valence electrons. The van der Waals surface area contributed by atoms with Gasteiger partial charge in [-0.15, -0.1) is 0 Å². The fourth-order valence-corrected chi connectivity index (χ4v) is 6.75. The topological polar surface area (TPSA) is 169 Å². The zero-order valence-corrected chi connectivity index (χ0v) is 32.4. The molecule has 0 saturated carbocycles. The number of carbonyl (C=O) groups is 1. The number of nitrogens with one attached hydrogen (secondary N) is 1. The first-order valence-corrected chi connectivity index (χ1v) is 20.5. The summed E-state index contributed by atoms with van der Waals surface area (Å²) < 4.78 is 11.2.